The lowest BCUT2D eigenvalue weighted by Crippen LogP contribution is -2.25. The van der Waals surface area contributed by atoms with E-state index in [0.717, 1.165) is 0 Å². The third kappa shape index (κ3) is 6.13. The highest BCUT2D eigenvalue weighted by molar-refractivity contribution is 5.93. The van der Waals surface area contributed by atoms with Gasteiger partial charge < -0.3 is 9.47 Å². The monoisotopic (exact) mass is 484 g/mol. The van der Waals surface area contributed by atoms with Crippen molar-refractivity contribution in [3.8, 4) is 11.5 Å². The second-order valence-corrected chi connectivity index (χ2v) is 7.29. The zero-order valence-corrected chi connectivity index (χ0v) is 18.5. The zero-order chi connectivity index (χ0) is 25.5. The topological polar surface area (TPSA) is 188 Å². The van der Waals surface area contributed by atoms with Gasteiger partial charge in [0.05, 0.1) is 48.3 Å². The summed E-state index contributed by atoms with van der Waals surface area (Å²) in [5.74, 6) is -1.99. The quantitative estimate of drug-likeness (QED) is 0.290. The number of carbonyl (C=O) groups excluding carboxylic acids is 2. The molecule has 2 amide bonds. The average Bonchev–Trinajstić information content (AvgIpc) is 3.65. The smallest absolute Gasteiger partial charge is 0.311 e. The fourth-order valence-corrected chi connectivity index (χ4v) is 3.14. The van der Waals surface area contributed by atoms with Crippen LogP contribution in [0.5, 0.6) is 11.5 Å². The summed E-state index contributed by atoms with van der Waals surface area (Å²) in [7, 11) is 2.63. The number of benzene rings is 2. The van der Waals surface area contributed by atoms with Crippen molar-refractivity contribution >= 4 is 35.6 Å². The Kier molecular flexibility index (Phi) is 7.66. The lowest BCUT2D eigenvalue weighted by atomic mass is 10.2. The summed E-state index contributed by atoms with van der Waals surface area (Å²) in [4.78, 5) is 45.3. The molecule has 3 rings (SSSR count). The number of ether oxygens (including phenoxy) is 2. The van der Waals surface area contributed by atoms with E-state index in [9.17, 15) is 29.8 Å². The molecule has 2 N–H and O–H groups in total. The Hall–Kier alpha value is -4.88. The zero-order valence-electron chi connectivity index (χ0n) is 18.5. The van der Waals surface area contributed by atoms with E-state index < -0.39 is 33.5 Å². The molecule has 0 radical (unpaired) electrons. The van der Waals surface area contributed by atoms with Gasteiger partial charge in [0.2, 0.25) is 11.8 Å². The van der Waals surface area contributed by atoms with Gasteiger partial charge in [0, 0.05) is 23.3 Å². The van der Waals surface area contributed by atoms with Gasteiger partial charge in [-0.2, -0.15) is 10.2 Å². The molecule has 1 saturated carbocycles. The maximum Gasteiger partial charge on any atom is 0.311 e. The Labute approximate surface area is 197 Å². The van der Waals surface area contributed by atoms with E-state index in [1.165, 1.54) is 63.0 Å². The van der Waals surface area contributed by atoms with Crippen molar-refractivity contribution in [2.24, 2.45) is 22.0 Å². The number of carbonyl (C=O) groups is 2. The molecule has 0 unspecified atom stereocenters. The van der Waals surface area contributed by atoms with Crippen molar-refractivity contribution in [2.45, 2.75) is 6.42 Å². The highest BCUT2D eigenvalue weighted by Gasteiger charge is 2.48. The van der Waals surface area contributed by atoms with Gasteiger partial charge in [-0.25, -0.2) is 10.9 Å². The molecule has 0 aliphatic heterocycles. The first-order chi connectivity index (χ1) is 16.7. The third-order valence-corrected chi connectivity index (χ3v) is 5.04. The molecule has 2 aromatic carbocycles. The van der Waals surface area contributed by atoms with Crippen molar-refractivity contribution in [3.05, 3.63) is 67.8 Å². The van der Waals surface area contributed by atoms with Crippen LogP contribution in [0.4, 0.5) is 11.4 Å². The molecule has 14 nitrogen and oxygen atoms in total. The molecule has 1 aliphatic carbocycles. The SMILES string of the molecule is COc1ccc(/C=N\NC(=O)[C@@H]2C[C@H]2C(=O)N/N=C\c2ccc(OC)c([N+](=O)[O-])c2)cc1[N+](=O)[O-]. The van der Waals surface area contributed by atoms with E-state index in [-0.39, 0.29) is 22.9 Å². The Morgan fingerprint density at radius 2 is 1.26 bits per heavy atom. The van der Waals surface area contributed by atoms with Crippen LogP contribution in [0.15, 0.2) is 46.6 Å². The maximum atomic E-state index is 12.2. The Bertz CT molecular complexity index is 1130. The molecule has 35 heavy (non-hydrogen) atoms. The minimum atomic E-state index is -0.602. The molecular weight excluding hydrogens is 464 g/mol. The molecule has 182 valence electrons. The van der Waals surface area contributed by atoms with Crippen LogP contribution in [0, 0.1) is 32.1 Å². The number of methoxy groups -OCH3 is 2. The molecule has 14 heteroatoms. The lowest BCUT2D eigenvalue weighted by Gasteiger charge is -2.02. The molecule has 2 atom stereocenters. The molecule has 0 spiro atoms. The summed E-state index contributed by atoms with van der Waals surface area (Å²) in [6.45, 7) is 0. The number of nitro groups is 2. The molecule has 1 aliphatic rings. The predicted molar refractivity (Wildman–Crippen MR) is 122 cm³/mol. The highest BCUT2D eigenvalue weighted by Crippen LogP contribution is 2.38. The van der Waals surface area contributed by atoms with Crippen LogP contribution >= 0.6 is 0 Å². The van der Waals surface area contributed by atoms with Gasteiger partial charge >= 0.3 is 11.4 Å². The van der Waals surface area contributed by atoms with Crippen LogP contribution in [0.2, 0.25) is 0 Å². The first-order valence-electron chi connectivity index (χ1n) is 10.1. The third-order valence-electron chi connectivity index (χ3n) is 5.04. The van der Waals surface area contributed by atoms with Gasteiger partial charge in [-0.15, -0.1) is 0 Å². The van der Waals surface area contributed by atoms with Crippen LogP contribution in [0.3, 0.4) is 0 Å². The number of amides is 2. The van der Waals surface area contributed by atoms with Crippen LogP contribution in [-0.2, 0) is 9.59 Å². The van der Waals surface area contributed by atoms with Crippen LogP contribution in [-0.4, -0.2) is 48.3 Å². The van der Waals surface area contributed by atoms with Gasteiger partial charge in [0.1, 0.15) is 0 Å². The summed E-state index contributed by atoms with van der Waals surface area (Å²) >= 11 is 0. The Morgan fingerprint density at radius 1 is 0.857 bits per heavy atom. The van der Waals surface area contributed by atoms with E-state index in [1.54, 1.807) is 0 Å². The van der Waals surface area contributed by atoms with Crippen molar-refractivity contribution < 1.29 is 28.9 Å². The molecule has 2 aromatic rings. The first-order valence-corrected chi connectivity index (χ1v) is 10.1. The fraction of sp³-hybridized carbons (Fsp3) is 0.238. The van der Waals surface area contributed by atoms with E-state index in [1.807, 2.05) is 0 Å². The number of hydrogen-bond acceptors (Lipinski definition) is 10. The normalized spacial score (nSPS) is 16.6. The minimum absolute atomic E-state index is 0.0934. The van der Waals surface area contributed by atoms with Gasteiger partial charge in [-0.1, -0.05) is 0 Å². The van der Waals surface area contributed by atoms with Gasteiger partial charge in [0.25, 0.3) is 0 Å². The molecular formula is C21H20N6O8. The predicted octanol–water partition coefficient (Wildman–Crippen LogP) is 1.76. The van der Waals surface area contributed by atoms with Crippen molar-refractivity contribution in [1.82, 2.24) is 10.9 Å². The van der Waals surface area contributed by atoms with Crippen LogP contribution in [0.1, 0.15) is 17.5 Å². The van der Waals surface area contributed by atoms with Crippen LogP contribution < -0.4 is 20.3 Å². The van der Waals surface area contributed by atoms with Crippen molar-refractivity contribution in [3.63, 3.8) is 0 Å². The number of nitro benzene ring substituents is 2. The second-order valence-electron chi connectivity index (χ2n) is 7.29. The van der Waals surface area contributed by atoms with E-state index in [0.29, 0.717) is 17.5 Å². The number of hydrogen-bond donors (Lipinski definition) is 2. The number of nitrogens with one attached hydrogen (secondary N) is 2. The second kappa shape index (κ2) is 10.8. The standard InChI is InChI=1S/C21H20N6O8/c1-34-18-5-3-12(7-16(18)26(30)31)10-22-24-20(28)14-9-15(14)21(29)25-23-11-13-4-6-19(35-2)17(8-13)27(32)33/h3-8,10-11,14-15H,9H2,1-2H3,(H,24,28)(H,25,29)/b22-10-,23-11-/t14-,15-/m1/s1. The van der Waals surface area contributed by atoms with Gasteiger partial charge in [-0.05, 0) is 30.7 Å². The van der Waals surface area contributed by atoms with Gasteiger partial charge in [0.15, 0.2) is 11.5 Å². The highest BCUT2D eigenvalue weighted by atomic mass is 16.6. The summed E-state index contributed by atoms with van der Waals surface area (Å²) < 4.78 is 9.84. The lowest BCUT2D eigenvalue weighted by molar-refractivity contribution is -0.385. The maximum absolute atomic E-state index is 12.2. The summed E-state index contributed by atoms with van der Waals surface area (Å²) in [5.41, 5.74) is 4.85. The Balaban J connectivity index is 1.51. The summed E-state index contributed by atoms with van der Waals surface area (Å²) in [6.07, 6.45) is 2.77. The number of rotatable bonds is 10. The van der Waals surface area contributed by atoms with E-state index in [2.05, 4.69) is 21.1 Å². The Morgan fingerprint density at radius 3 is 1.60 bits per heavy atom. The van der Waals surface area contributed by atoms with Crippen LogP contribution in [0.25, 0.3) is 0 Å². The number of hydrazone groups is 2. The average molecular weight is 484 g/mol. The molecule has 0 aromatic heterocycles. The largest absolute Gasteiger partial charge is 0.490 e. The minimum Gasteiger partial charge on any atom is -0.490 e. The summed E-state index contributed by atoms with van der Waals surface area (Å²) in [6, 6.07) is 8.38. The first kappa shape index (κ1) is 24.8. The molecule has 0 bridgehead atoms. The fourth-order valence-electron chi connectivity index (χ4n) is 3.14. The molecule has 0 heterocycles. The van der Waals surface area contributed by atoms with E-state index >= 15 is 0 Å². The van der Waals surface area contributed by atoms with Crippen molar-refractivity contribution in [1.29, 1.82) is 0 Å². The number of nitrogens with zero attached hydrogens (tertiary/aromatic N) is 4. The van der Waals surface area contributed by atoms with Crippen molar-refractivity contribution in [2.75, 3.05) is 14.2 Å². The molecule has 0 saturated heterocycles. The molecule has 1 fully saturated rings. The van der Waals surface area contributed by atoms with E-state index in [4.69, 9.17) is 9.47 Å². The summed E-state index contributed by atoms with van der Waals surface area (Å²) in [5, 5.41) is 29.7. The van der Waals surface area contributed by atoms with Gasteiger partial charge in [-0.3, -0.25) is 29.8 Å².